The second-order valence-electron chi connectivity index (χ2n) is 5.59. The van der Waals surface area contributed by atoms with Crippen molar-refractivity contribution in [3.8, 4) is 0 Å². The predicted molar refractivity (Wildman–Crippen MR) is 88.8 cm³/mol. The summed E-state index contributed by atoms with van der Waals surface area (Å²) in [5.74, 6) is -3.38. The fraction of sp³-hybridized carbons (Fsp3) is 0.235. The van der Waals surface area contributed by atoms with Crippen molar-refractivity contribution in [2.75, 3.05) is 5.32 Å². The van der Waals surface area contributed by atoms with Crippen LogP contribution in [0.5, 0.6) is 0 Å². The minimum atomic E-state index is -1.21. The topological polar surface area (TPSA) is 104 Å². The number of nitrogens with one attached hydrogen (secondary N) is 1. The summed E-state index contributed by atoms with van der Waals surface area (Å²) in [5, 5.41) is 21.6. The van der Waals surface area contributed by atoms with E-state index >= 15 is 0 Å². The fourth-order valence-corrected chi connectivity index (χ4v) is 4.25. The molecular formula is C17H15NO5S. The third kappa shape index (κ3) is 3.03. The van der Waals surface area contributed by atoms with Gasteiger partial charge in [0.25, 0.3) is 0 Å². The molecule has 0 saturated heterocycles. The molecule has 1 heterocycles. The summed E-state index contributed by atoms with van der Waals surface area (Å²) in [7, 11) is 0. The summed E-state index contributed by atoms with van der Waals surface area (Å²) in [6, 6.07) is 9.11. The molecule has 3 rings (SSSR count). The van der Waals surface area contributed by atoms with E-state index < -0.39 is 17.9 Å². The van der Waals surface area contributed by atoms with Crippen LogP contribution >= 0.6 is 11.3 Å². The Balaban J connectivity index is 1.87. The summed E-state index contributed by atoms with van der Waals surface area (Å²) in [4.78, 5) is 35.9. The second-order valence-corrected chi connectivity index (χ2v) is 6.69. The van der Waals surface area contributed by atoms with Gasteiger partial charge in [-0.25, -0.2) is 4.79 Å². The van der Waals surface area contributed by atoms with Crippen molar-refractivity contribution in [3.05, 3.63) is 51.9 Å². The lowest BCUT2D eigenvalue weighted by molar-refractivity contribution is -0.138. The zero-order valence-corrected chi connectivity index (χ0v) is 13.4. The van der Waals surface area contributed by atoms with Gasteiger partial charge < -0.3 is 15.5 Å². The van der Waals surface area contributed by atoms with Gasteiger partial charge in [0, 0.05) is 4.88 Å². The molecule has 0 saturated carbocycles. The molecule has 7 heteroatoms. The van der Waals surface area contributed by atoms with Crippen LogP contribution in [0.1, 0.15) is 38.7 Å². The standard InChI is InChI=1S/C17H15NO5S/c19-12(8-9-4-2-1-3-5-9)18-15-14(17(22)23)13-10(16(20)21)6-7-11(13)24-15/h1-5,10H,6-8H2,(H,18,19)(H,20,21)(H,22,23). The van der Waals surface area contributed by atoms with Crippen LogP contribution < -0.4 is 5.32 Å². The number of carbonyl (C=O) groups excluding carboxylic acids is 1. The number of hydrogen-bond donors (Lipinski definition) is 3. The molecule has 2 aromatic rings. The number of fused-ring (bicyclic) bond motifs is 1. The summed E-state index contributed by atoms with van der Waals surface area (Å²) in [6.45, 7) is 0. The van der Waals surface area contributed by atoms with Gasteiger partial charge in [0.1, 0.15) is 5.00 Å². The normalized spacial score (nSPS) is 15.8. The molecule has 1 aromatic heterocycles. The Morgan fingerprint density at radius 2 is 1.88 bits per heavy atom. The molecule has 6 nitrogen and oxygen atoms in total. The molecule has 1 unspecified atom stereocenters. The van der Waals surface area contributed by atoms with Gasteiger partial charge in [-0.2, -0.15) is 0 Å². The van der Waals surface area contributed by atoms with Gasteiger partial charge >= 0.3 is 11.9 Å². The molecule has 1 aromatic carbocycles. The largest absolute Gasteiger partial charge is 0.481 e. The molecule has 1 aliphatic carbocycles. The Kier molecular flexibility index (Phi) is 4.35. The van der Waals surface area contributed by atoms with Gasteiger partial charge in [-0.1, -0.05) is 30.3 Å². The lowest BCUT2D eigenvalue weighted by Gasteiger charge is -2.08. The first-order valence-electron chi connectivity index (χ1n) is 7.42. The summed E-state index contributed by atoms with van der Waals surface area (Å²) >= 11 is 1.16. The van der Waals surface area contributed by atoms with E-state index in [2.05, 4.69) is 5.32 Å². The Morgan fingerprint density at radius 1 is 1.17 bits per heavy atom. The van der Waals surface area contributed by atoms with Crippen LogP contribution in [0, 0.1) is 0 Å². The van der Waals surface area contributed by atoms with Gasteiger partial charge in [0.2, 0.25) is 5.91 Å². The maximum atomic E-state index is 12.2. The zero-order chi connectivity index (χ0) is 17.3. The van der Waals surface area contributed by atoms with Crippen molar-refractivity contribution in [2.24, 2.45) is 0 Å². The highest BCUT2D eigenvalue weighted by Gasteiger charge is 2.37. The molecule has 1 aliphatic rings. The molecule has 0 bridgehead atoms. The van der Waals surface area contributed by atoms with Crippen LogP contribution in [0.3, 0.4) is 0 Å². The maximum absolute atomic E-state index is 12.2. The molecule has 1 atom stereocenters. The smallest absolute Gasteiger partial charge is 0.339 e. The number of aryl methyl sites for hydroxylation is 1. The number of carboxylic acid groups (broad SMARTS) is 2. The lowest BCUT2D eigenvalue weighted by atomic mass is 9.99. The molecule has 1 amide bonds. The Hall–Kier alpha value is -2.67. The zero-order valence-electron chi connectivity index (χ0n) is 12.6. The van der Waals surface area contributed by atoms with E-state index in [1.54, 1.807) is 0 Å². The van der Waals surface area contributed by atoms with Gasteiger partial charge in [0.05, 0.1) is 17.9 Å². The predicted octanol–water partition coefficient (Wildman–Crippen LogP) is 2.74. The molecule has 124 valence electrons. The average molecular weight is 345 g/mol. The van der Waals surface area contributed by atoms with Crippen LogP contribution in [0.25, 0.3) is 0 Å². The van der Waals surface area contributed by atoms with Crippen molar-refractivity contribution in [1.29, 1.82) is 0 Å². The van der Waals surface area contributed by atoms with Crippen LogP contribution in [0.2, 0.25) is 0 Å². The lowest BCUT2D eigenvalue weighted by Crippen LogP contribution is -2.17. The third-order valence-corrected chi connectivity index (χ3v) is 5.18. The van der Waals surface area contributed by atoms with Crippen molar-refractivity contribution in [1.82, 2.24) is 0 Å². The van der Waals surface area contributed by atoms with Crippen LogP contribution in [-0.2, 0) is 22.4 Å². The molecule has 0 radical (unpaired) electrons. The van der Waals surface area contributed by atoms with Gasteiger partial charge in [-0.3, -0.25) is 9.59 Å². The summed E-state index contributed by atoms with van der Waals surface area (Å²) in [6.07, 6.45) is 1.05. The van der Waals surface area contributed by atoms with E-state index in [0.29, 0.717) is 18.4 Å². The van der Waals surface area contributed by atoms with Crippen LogP contribution in [0.4, 0.5) is 5.00 Å². The molecule has 24 heavy (non-hydrogen) atoms. The highest BCUT2D eigenvalue weighted by atomic mass is 32.1. The van der Waals surface area contributed by atoms with Crippen molar-refractivity contribution < 1.29 is 24.6 Å². The summed E-state index contributed by atoms with van der Waals surface area (Å²) < 4.78 is 0. The van der Waals surface area contributed by atoms with Crippen molar-refractivity contribution in [3.63, 3.8) is 0 Å². The quantitative estimate of drug-likeness (QED) is 0.773. The number of hydrogen-bond acceptors (Lipinski definition) is 4. The summed E-state index contributed by atoms with van der Waals surface area (Å²) in [5.41, 5.74) is 1.08. The van der Waals surface area contributed by atoms with Gasteiger partial charge in [-0.05, 0) is 24.0 Å². The SMILES string of the molecule is O=C(Cc1ccccc1)Nc1sc2c(c1C(=O)O)C(C(=O)O)CC2. The minimum absolute atomic E-state index is 0.0821. The first kappa shape index (κ1) is 16.2. The molecule has 0 fully saturated rings. The Morgan fingerprint density at radius 3 is 2.50 bits per heavy atom. The molecule has 0 spiro atoms. The van der Waals surface area contributed by atoms with E-state index in [9.17, 15) is 24.6 Å². The average Bonchev–Trinajstić information content (AvgIpc) is 3.05. The van der Waals surface area contributed by atoms with Gasteiger partial charge in [-0.15, -0.1) is 11.3 Å². The molecular weight excluding hydrogens is 330 g/mol. The Labute approximate surface area is 141 Å². The van der Waals surface area contributed by atoms with E-state index in [1.807, 2.05) is 30.3 Å². The number of aromatic carboxylic acids is 1. The number of thiophene rings is 1. The third-order valence-electron chi connectivity index (χ3n) is 4.00. The Bertz CT molecular complexity index is 812. The number of benzene rings is 1. The van der Waals surface area contributed by atoms with Crippen LogP contribution in [0.15, 0.2) is 30.3 Å². The van der Waals surface area contributed by atoms with Gasteiger partial charge in [0.15, 0.2) is 0 Å². The number of amides is 1. The number of carboxylic acids is 2. The van der Waals surface area contributed by atoms with Crippen LogP contribution in [-0.4, -0.2) is 28.1 Å². The van der Waals surface area contributed by atoms with Crippen molar-refractivity contribution >= 4 is 34.2 Å². The number of carbonyl (C=O) groups is 3. The maximum Gasteiger partial charge on any atom is 0.339 e. The first-order chi connectivity index (χ1) is 11.5. The van der Waals surface area contributed by atoms with Crippen molar-refractivity contribution in [2.45, 2.75) is 25.2 Å². The van der Waals surface area contributed by atoms with E-state index in [1.165, 1.54) is 0 Å². The molecule has 0 aliphatic heterocycles. The molecule has 3 N–H and O–H groups in total. The van der Waals surface area contributed by atoms with E-state index in [-0.39, 0.29) is 22.9 Å². The second kappa shape index (κ2) is 6.45. The number of rotatable bonds is 5. The number of aliphatic carboxylic acids is 1. The monoisotopic (exact) mass is 345 g/mol. The fourth-order valence-electron chi connectivity index (χ4n) is 2.96. The van der Waals surface area contributed by atoms with E-state index in [0.717, 1.165) is 21.8 Å². The van der Waals surface area contributed by atoms with E-state index in [4.69, 9.17) is 0 Å². The number of anilines is 1. The highest BCUT2D eigenvalue weighted by Crippen LogP contribution is 2.45. The first-order valence-corrected chi connectivity index (χ1v) is 8.24. The highest BCUT2D eigenvalue weighted by molar-refractivity contribution is 7.17. The minimum Gasteiger partial charge on any atom is -0.481 e.